The van der Waals surface area contributed by atoms with Gasteiger partial charge in [0.15, 0.2) is 0 Å². The average molecular weight is 270 g/mol. The Bertz CT molecular complexity index is 550. The molecule has 20 heavy (non-hydrogen) atoms. The molecule has 3 nitrogen and oxygen atoms in total. The fourth-order valence-electron chi connectivity index (χ4n) is 2.31. The molecule has 0 aliphatic rings. The van der Waals surface area contributed by atoms with E-state index >= 15 is 0 Å². The normalized spacial score (nSPS) is 12.2. The number of aromatic nitrogens is 1. The fourth-order valence-corrected chi connectivity index (χ4v) is 2.31. The van der Waals surface area contributed by atoms with Gasteiger partial charge in [-0.05, 0) is 38.6 Å². The second-order valence-electron chi connectivity index (χ2n) is 4.85. The summed E-state index contributed by atoms with van der Waals surface area (Å²) in [5.41, 5.74) is 3.17. The Hall–Kier alpha value is -1.87. The topological polar surface area (TPSA) is 34.1 Å². The summed E-state index contributed by atoms with van der Waals surface area (Å²) in [5.74, 6) is 0.928. The Morgan fingerprint density at radius 1 is 1.15 bits per heavy atom. The summed E-state index contributed by atoms with van der Waals surface area (Å²) in [4.78, 5) is 4.46. The van der Waals surface area contributed by atoms with Crippen LogP contribution >= 0.6 is 0 Å². The maximum absolute atomic E-state index is 5.96. The molecule has 2 aromatic rings. The van der Waals surface area contributed by atoms with Crippen molar-refractivity contribution in [3.63, 3.8) is 0 Å². The van der Waals surface area contributed by atoms with Crippen LogP contribution in [0.3, 0.4) is 0 Å². The van der Waals surface area contributed by atoms with Gasteiger partial charge in [-0.15, -0.1) is 0 Å². The molecule has 0 fully saturated rings. The van der Waals surface area contributed by atoms with Crippen LogP contribution in [0.25, 0.3) is 0 Å². The van der Waals surface area contributed by atoms with Gasteiger partial charge in [0, 0.05) is 17.3 Å². The van der Waals surface area contributed by atoms with Crippen LogP contribution in [0.4, 0.5) is 0 Å². The third-order valence-electron chi connectivity index (χ3n) is 3.37. The second-order valence-corrected chi connectivity index (χ2v) is 4.85. The molecule has 0 amide bonds. The number of hydrogen-bond acceptors (Lipinski definition) is 3. The number of hydrogen-bond donors (Lipinski definition) is 1. The number of aryl methyl sites for hydroxylation is 1. The maximum atomic E-state index is 5.96. The molecule has 1 N–H and O–H groups in total. The van der Waals surface area contributed by atoms with Crippen LogP contribution in [-0.2, 0) is 6.61 Å². The van der Waals surface area contributed by atoms with Crippen molar-refractivity contribution in [1.82, 2.24) is 10.3 Å². The molecule has 1 unspecified atom stereocenters. The minimum absolute atomic E-state index is 0.316. The quantitative estimate of drug-likeness (QED) is 0.870. The van der Waals surface area contributed by atoms with Crippen LogP contribution in [0.1, 0.15) is 36.3 Å². The van der Waals surface area contributed by atoms with E-state index in [1.807, 2.05) is 50.4 Å². The first-order valence-corrected chi connectivity index (χ1v) is 7.06. The summed E-state index contributed by atoms with van der Waals surface area (Å²) in [7, 11) is 1.98. The van der Waals surface area contributed by atoms with Crippen molar-refractivity contribution < 1.29 is 4.74 Å². The number of rotatable bonds is 6. The van der Waals surface area contributed by atoms with Crippen molar-refractivity contribution in [3.8, 4) is 5.75 Å². The van der Waals surface area contributed by atoms with E-state index in [2.05, 4.69) is 23.3 Å². The van der Waals surface area contributed by atoms with Gasteiger partial charge in [0.1, 0.15) is 12.4 Å². The zero-order valence-electron chi connectivity index (χ0n) is 12.4. The zero-order valence-corrected chi connectivity index (χ0v) is 12.4. The smallest absolute Gasteiger partial charge is 0.130 e. The average Bonchev–Trinajstić information content (AvgIpc) is 2.48. The van der Waals surface area contributed by atoms with E-state index in [-0.39, 0.29) is 0 Å². The van der Waals surface area contributed by atoms with Crippen molar-refractivity contribution in [2.75, 3.05) is 7.05 Å². The summed E-state index contributed by atoms with van der Waals surface area (Å²) in [6.45, 7) is 4.66. The summed E-state index contributed by atoms with van der Waals surface area (Å²) >= 11 is 0. The molecule has 0 bridgehead atoms. The van der Waals surface area contributed by atoms with Gasteiger partial charge in [0.2, 0.25) is 0 Å². The van der Waals surface area contributed by atoms with E-state index in [0.717, 1.165) is 23.6 Å². The SMILES string of the molecule is CCC(NC)c1ccccc1OCc1cccc(C)n1. The monoisotopic (exact) mass is 270 g/mol. The highest BCUT2D eigenvalue weighted by Crippen LogP contribution is 2.27. The Morgan fingerprint density at radius 3 is 2.65 bits per heavy atom. The molecule has 0 saturated carbocycles. The standard InChI is InChI=1S/C17H22N2O/c1-4-16(18-3)15-10-5-6-11-17(15)20-12-14-9-7-8-13(2)19-14/h5-11,16,18H,4,12H2,1-3H3. The molecule has 1 aromatic heterocycles. The number of para-hydroxylation sites is 1. The number of nitrogens with zero attached hydrogens (tertiary/aromatic N) is 1. The summed E-state index contributed by atoms with van der Waals surface area (Å²) in [5, 5.41) is 3.32. The number of nitrogens with one attached hydrogen (secondary N) is 1. The second kappa shape index (κ2) is 7.06. The fraction of sp³-hybridized carbons (Fsp3) is 0.353. The van der Waals surface area contributed by atoms with E-state index in [0.29, 0.717) is 12.6 Å². The molecule has 106 valence electrons. The minimum Gasteiger partial charge on any atom is -0.487 e. The van der Waals surface area contributed by atoms with Gasteiger partial charge in [0.05, 0.1) is 5.69 Å². The highest BCUT2D eigenvalue weighted by molar-refractivity contribution is 5.36. The van der Waals surface area contributed by atoms with Crippen molar-refractivity contribution in [1.29, 1.82) is 0 Å². The first-order chi connectivity index (χ1) is 9.74. The van der Waals surface area contributed by atoms with Gasteiger partial charge in [-0.3, -0.25) is 4.98 Å². The van der Waals surface area contributed by atoms with Crippen molar-refractivity contribution in [2.24, 2.45) is 0 Å². The number of pyridine rings is 1. The van der Waals surface area contributed by atoms with E-state index < -0.39 is 0 Å². The lowest BCUT2D eigenvalue weighted by Gasteiger charge is -2.18. The highest BCUT2D eigenvalue weighted by Gasteiger charge is 2.12. The Balaban J connectivity index is 2.13. The van der Waals surface area contributed by atoms with E-state index in [1.165, 1.54) is 5.56 Å². The van der Waals surface area contributed by atoms with Crippen molar-refractivity contribution in [3.05, 3.63) is 59.4 Å². The minimum atomic E-state index is 0.316. The van der Waals surface area contributed by atoms with Gasteiger partial charge in [-0.2, -0.15) is 0 Å². The van der Waals surface area contributed by atoms with Gasteiger partial charge in [0.25, 0.3) is 0 Å². The molecule has 2 rings (SSSR count). The molecule has 1 heterocycles. The van der Waals surface area contributed by atoms with Crippen LogP contribution < -0.4 is 10.1 Å². The predicted molar refractivity (Wildman–Crippen MR) is 81.8 cm³/mol. The maximum Gasteiger partial charge on any atom is 0.130 e. The number of ether oxygens (including phenoxy) is 1. The zero-order chi connectivity index (χ0) is 14.4. The third-order valence-corrected chi connectivity index (χ3v) is 3.37. The summed E-state index contributed by atoms with van der Waals surface area (Å²) in [6, 6.07) is 14.5. The molecule has 1 atom stereocenters. The van der Waals surface area contributed by atoms with Crippen molar-refractivity contribution in [2.45, 2.75) is 32.9 Å². The Labute approximate surface area is 121 Å². The highest BCUT2D eigenvalue weighted by atomic mass is 16.5. The summed E-state index contributed by atoms with van der Waals surface area (Å²) in [6.07, 6.45) is 1.03. The van der Waals surface area contributed by atoms with Gasteiger partial charge < -0.3 is 10.1 Å². The molecule has 0 aliphatic carbocycles. The molecule has 0 aliphatic heterocycles. The van der Waals surface area contributed by atoms with E-state index in [9.17, 15) is 0 Å². The van der Waals surface area contributed by atoms with Crippen LogP contribution in [0.2, 0.25) is 0 Å². The molecular weight excluding hydrogens is 248 g/mol. The molecule has 1 aromatic carbocycles. The molecule has 3 heteroatoms. The molecule has 0 spiro atoms. The van der Waals surface area contributed by atoms with Gasteiger partial charge >= 0.3 is 0 Å². The molecule has 0 radical (unpaired) electrons. The lowest BCUT2D eigenvalue weighted by atomic mass is 10.0. The van der Waals surface area contributed by atoms with Gasteiger partial charge in [-0.25, -0.2) is 0 Å². The van der Waals surface area contributed by atoms with Gasteiger partial charge in [-0.1, -0.05) is 31.2 Å². The first kappa shape index (κ1) is 14.5. The lowest BCUT2D eigenvalue weighted by molar-refractivity contribution is 0.294. The first-order valence-electron chi connectivity index (χ1n) is 7.06. The lowest BCUT2D eigenvalue weighted by Crippen LogP contribution is -2.16. The molecule has 0 saturated heterocycles. The van der Waals surface area contributed by atoms with Crippen LogP contribution in [-0.4, -0.2) is 12.0 Å². The third kappa shape index (κ3) is 3.58. The van der Waals surface area contributed by atoms with Crippen LogP contribution in [0.15, 0.2) is 42.5 Å². The van der Waals surface area contributed by atoms with Crippen molar-refractivity contribution >= 4 is 0 Å². The Kier molecular flexibility index (Phi) is 5.13. The number of benzene rings is 1. The Morgan fingerprint density at radius 2 is 1.95 bits per heavy atom. The molecular formula is C17H22N2O. The van der Waals surface area contributed by atoms with E-state index in [4.69, 9.17) is 4.74 Å². The summed E-state index contributed by atoms with van der Waals surface area (Å²) < 4.78 is 5.96. The van der Waals surface area contributed by atoms with Crippen LogP contribution in [0.5, 0.6) is 5.75 Å². The van der Waals surface area contributed by atoms with E-state index in [1.54, 1.807) is 0 Å². The largest absolute Gasteiger partial charge is 0.487 e. The predicted octanol–water partition coefficient (Wildman–Crippen LogP) is 3.64. The van der Waals surface area contributed by atoms with Crippen LogP contribution in [0, 0.1) is 6.92 Å².